The van der Waals surface area contributed by atoms with Gasteiger partial charge in [0, 0.05) is 17.0 Å². The second kappa shape index (κ2) is 4.77. The third kappa shape index (κ3) is 2.33. The molecule has 0 atom stereocenters. The van der Waals surface area contributed by atoms with Crippen LogP contribution in [0.25, 0.3) is 0 Å². The maximum absolute atomic E-state index is 11.3. The van der Waals surface area contributed by atoms with Crippen LogP contribution in [-0.4, -0.2) is 16.7 Å². The van der Waals surface area contributed by atoms with Gasteiger partial charge in [-0.05, 0) is 12.1 Å². The summed E-state index contributed by atoms with van der Waals surface area (Å²) in [5.74, 6) is -0.199. The predicted molar refractivity (Wildman–Crippen MR) is 55.1 cm³/mol. The number of hydrogen-bond acceptors (Lipinski definition) is 3. The van der Waals surface area contributed by atoms with Crippen LogP contribution in [0.15, 0.2) is 29.4 Å². The summed E-state index contributed by atoms with van der Waals surface area (Å²) in [5, 5.41) is 12.2. The van der Waals surface area contributed by atoms with E-state index in [2.05, 4.69) is 5.16 Å². The van der Waals surface area contributed by atoms with E-state index >= 15 is 0 Å². The summed E-state index contributed by atoms with van der Waals surface area (Å²) < 4.78 is 0. The highest BCUT2D eigenvalue weighted by Gasteiger charge is 2.11. The Morgan fingerprint density at radius 1 is 1.43 bits per heavy atom. The molecule has 1 N–H and O–H groups in total. The summed E-state index contributed by atoms with van der Waals surface area (Å²) >= 11 is 5.69. The molecule has 14 heavy (non-hydrogen) atoms. The number of Topliss-reactive ketones (excluding diaryl/α,β-unsaturated/α-hetero) is 1. The molecule has 0 saturated heterocycles. The largest absolute Gasteiger partial charge is 0.410 e. The lowest BCUT2D eigenvalue weighted by Crippen LogP contribution is -2.14. The van der Waals surface area contributed by atoms with Crippen molar-refractivity contribution in [2.75, 3.05) is 0 Å². The van der Waals surface area contributed by atoms with E-state index in [4.69, 9.17) is 16.8 Å². The molecule has 0 unspecified atom stereocenters. The molecule has 1 aromatic carbocycles. The molecule has 4 heteroatoms. The van der Waals surface area contributed by atoms with Crippen LogP contribution >= 0.6 is 11.6 Å². The molecule has 0 aliphatic heterocycles. The molecule has 1 rings (SSSR count). The Labute approximate surface area is 87.0 Å². The first-order chi connectivity index (χ1) is 6.69. The summed E-state index contributed by atoms with van der Waals surface area (Å²) in [6, 6.07) is 6.58. The molecule has 0 aliphatic rings. The van der Waals surface area contributed by atoms with Crippen molar-refractivity contribution < 1.29 is 10.0 Å². The molecule has 3 nitrogen and oxygen atoms in total. The SMILES string of the molecule is CCC(=O)C(=NO)c1ccc(Cl)cc1. The van der Waals surface area contributed by atoms with E-state index in [0.29, 0.717) is 17.0 Å². The van der Waals surface area contributed by atoms with Crippen LogP contribution in [0.5, 0.6) is 0 Å². The average molecular weight is 212 g/mol. The zero-order valence-corrected chi connectivity index (χ0v) is 8.45. The molecular weight excluding hydrogens is 202 g/mol. The van der Waals surface area contributed by atoms with E-state index in [-0.39, 0.29) is 11.5 Å². The Morgan fingerprint density at radius 2 is 2.00 bits per heavy atom. The number of benzene rings is 1. The number of hydrogen-bond donors (Lipinski definition) is 1. The number of carbonyl (C=O) groups is 1. The Balaban J connectivity index is 3.03. The van der Waals surface area contributed by atoms with Gasteiger partial charge in [0.15, 0.2) is 11.5 Å². The minimum atomic E-state index is -0.199. The van der Waals surface area contributed by atoms with Crippen LogP contribution in [-0.2, 0) is 4.79 Å². The Kier molecular flexibility index (Phi) is 3.65. The summed E-state index contributed by atoms with van der Waals surface area (Å²) in [6.07, 6.45) is 0.308. The molecule has 74 valence electrons. The van der Waals surface area contributed by atoms with Gasteiger partial charge in [0.05, 0.1) is 0 Å². The number of nitrogens with zero attached hydrogens (tertiary/aromatic N) is 1. The van der Waals surface area contributed by atoms with Crippen molar-refractivity contribution in [3.8, 4) is 0 Å². The standard InChI is InChI=1S/C10H10ClNO2/c1-2-9(13)10(12-14)7-3-5-8(11)6-4-7/h3-6,14H,2H2,1H3. The van der Waals surface area contributed by atoms with E-state index in [1.165, 1.54) is 0 Å². The fourth-order valence-electron chi connectivity index (χ4n) is 1.05. The normalized spacial score (nSPS) is 11.4. The van der Waals surface area contributed by atoms with E-state index in [1.807, 2.05) is 0 Å². The topological polar surface area (TPSA) is 49.7 Å². The first-order valence-corrected chi connectivity index (χ1v) is 4.58. The van der Waals surface area contributed by atoms with E-state index in [9.17, 15) is 4.79 Å². The maximum Gasteiger partial charge on any atom is 0.184 e. The van der Waals surface area contributed by atoms with Crippen molar-refractivity contribution in [2.45, 2.75) is 13.3 Å². The monoisotopic (exact) mass is 211 g/mol. The van der Waals surface area contributed by atoms with Crippen molar-refractivity contribution in [1.82, 2.24) is 0 Å². The second-order valence-electron chi connectivity index (χ2n) is 2.73. The van der Waals surface area contributed by atoms with E-state index < -0.39 is 0 Å². The first kappa shape index (κ1) is 10.7. The minimum Gasteiger partial charge on any atom is -0.410 e. The van der Waals surface area contributed by atoms with Crippen LogP contribution in [0.1, 0.15) is 18.9 Å². The number of oxime groups is 1. The minimum absolute atomic E-state index is 0.0733. The van der Waals surface area contributed by atoms with Crippen molar-refractivity contribution in [1.29, 1.82) is 0 Å². The first-order valence-electron chi connectivity index (χ1n) is 4.20. The average Bonchev–Trinajstić information content (AvgIpc) is 2.21. The highest BCUT2D eigenvalue weighted by atomic mass is 35.5. The van der Waals surface area contributed by atoms with Crippen LogP contribution in [0.4, 0.5) is 0 Å². The summed E-state index contributed by atoms with van der Waals surface area (Å²) in [4.78, 5) is 11.3. The molecule has 1 aromatic rings. The van der Waals surface area contributed by atoms with Crippen molar-refractivity contribution in [2.24, 2.45) is 5.16 Å². The van der Waals surface area contributed by atoms with E-state index in [1.54, 1.807) is 31.2 Å². The van der Waals surface area contributed by atoms with Gasteiger partial charge in [-0.25, -0.2) is 0 Å². The van der Waals surface area contributed by atoms with Gasteiger partial charge in [0.2, 0.25) is 0 Å². The van der Waals surface area contributed by atoms with Crippen molar-refractivity contribution in [3.05, 3.63) is 34.9 Å². The number of halogens is 1. The number of ketones is 1. The summed E-state index contributed by atoms with van der Waals surface area (Å²) in [7, 11) is 0. The summed E-state index contributed by atoms with van der Waals surface area (Å²) in [6.45, 7) is 1.71. The van der Waals surface area contributed by atoms with Crippen molar-refractivity contribution >= 4 is 23.1 Å². The quantitative estimate of drug-likeness (QED) is 0.475. The molecule has 0 amide bonds. The molecule has 0 heterocycles. The van der Waals surface area contributed by atoms with Crippen LogP contribution < -0.4 is 0 Å². The fourth-order valence-corrected chi connectivity index (χ4v) is 1.18. The van der Waals surface area contributed by atoms with Gasteiger partial charge >= 0.3 is 0 Å². The van der Waals surface area contributed by atoms with Crippen LogP contribution in [0.3, 0.4) is 0 Å². The molecule has 0 aliphatic carbocycles. The zero-order chi connectivity index (χ0) is 10.6. The molecule has 0 saturated carbocycles. The van der Waals surface area contributed by atoms with Gasteiger partial charge < -0.3 is 5.21 Å². The third-order valence-electron chi connectivity index (χ3n) is 1.80. The smallest absolute Gasteiger partial charge is 0.184 e. The Bertz CT molecular complexity index is 357. The maximum atomic E-state index is 11.3. The molecule has 0 radical (unpaired) electrons. The molecule has 0 fully saturated rings. The lowest BCUT2D eigenvalue weighted by atomic mass is 10.1. The third-order valence-corrected chi connectivity index (χ3v) is 2.05. The number of rotatable bonds is 3. The number of carbonyl (C=O) groups excluding carboxylic acids is 1. The molecule has 0 aromatic heterocycles. The fraction of sp³-hybridized carbons (Fsp3) is 0.200. The zero-order valence-electron chi connectivity index (χ0n) is 7.70. The van der Waals surface area contributed by atoms with Gasteiger partial charge in [0.25, 0.3) is 0 Å². The highest BCUT2D eigenvalue weighted by molar-refractivity contribution is 6.46. The molecule has 0 bridgehead atoms. The second-order valence-corrected chi connectivity index (χ2v) is 3.17. The predicted octanol–water partition coefficient (Wildman–Crippen LogP) is 2.50. The lowest BCUT2D eigenvalue weighted by molar-refractivity contribution is -0.112. The highest BCUT2D eigenvalue weighted by Crippen LogP contribution is 2.11. The lowest BCUT2D eigenvalue weighted by Gasteiger charge is -2.01. The van der Waals surface area contributed by atoms with Gasteiger partial charge in [-0.2, -0.15) is 0 Å². The van der Waals surface area contributed by atoms with Crippen LogP contribution in [0.2, 0.25) is 5.02 Å². The Morgan fingerprint density at radius 3 is 2.43 bits per heavy atom. The molecule has 0 spiro atoms. The van der Waals surface area contributed by atoms with Gasteiger partial charge in [0.1, 0.15) is 0 Å². The van der Waals surface area contributed by atoms with Gasteiger partial charge in [-0.1, -0.05) is 35.8 Å². The van der Waals surface area contributed by atoms with Crippen molar-refractivity contribution in [3.63, 3.8) is 0 Å². The Hall–Kier alpha value is -1.35. The van der Waals surface area contributed by atoms with Gasteiger partial charge in [-0.3, -0.25) is 4.79 Å². The van der Waals surface area contributed by atoms with Crippen LogP contribution in [0, 0.1) is 0 Å². The summed E-state index contributed by atoms with van der Waals surface area (Å²) in [5.41, 5.74) is 0.646. The van der Waals surface area contributed by atoms with E-state index in [0.717, 1.165) is 0 Å². The van der Waals surface area contributed by atoms with Gasteiger partial charge in [-0.15, -0.1) is 0 Å². The molecular formula is C10H10ClNO2.